The average Bonchev–Trinajstić information content (AvgIpc) is 3.11. The average molecular weight is 334 g/mol. The Balaban J connectivity index is 1.70. The number of fused-ring (bicyclic) bond motifs is 1. The van der Waals surface area contributed by atoms with E-state index in [1.54, 1.807) is 4.68 Å². The molecule has 0 aliphatic carbocycles. The number of allylic oxidation sites excluding steroid dienone is 1. The molecule has 8 heteroatoms. The zero-order valence-electron chi connectivity index (χ0n) is 14.7. The third kappa shape index (κ3) is 3.34. The Labute approximate surface area is 142 Å². The maximum absolute atomic E-state index is 12.9. The fourth-order valence-corrected chi connectivity index (χ4v) is 3.65. The van der Waals surface area contributed by atoms with Crippen LogP contribution in [0.15, 0.2) is 11.6 Å². The van der Waals surface area contributed by atoms with E-state index in [1.165, 1.54) is 5.57 Å². The predicted octanol–water partition coefficient (Wildman–Crippen LogP) is 0.131. The molecule has 24 heavy (non-hydrogen) atoms. The van der Waals surface area contributed by atoms with Crippen LogP contribution in [-0.4, -0.2) is 63.9 Å². The van der Waals surface area contributed by atoms with Crippen LogP contribution in [0, 0.1) is 11.3 Å². The van der Waals surface area contributed by atoms with Crippen LogP contribution in [0.25, 0.3) is 0 Å². The molecule has 2 fully saturated rings. The first-order valence-electron chi connectivity index (χ1n) is 8.44. The van der Waals surface area contributed by atoms with Crippen molar-refractivity contribution in [3.63, 3.8) is 0 Å². The van der Waals surface area contributed by atoms with Crippen LogP contribution in [0.5, 0.6) is 0 Å². The van der Waals surface area contributed by atoms with E-state index < -0.39 is 0 Å². The molecule has 2 saturated heterocycles. The van der Waals surface area contributed by atoms with Crippen molar-refractivity contribution in [2.75, 3.05) is 32.8 Å². The Morgan fingerprint density at radius 2 is 2.33 bits per heavy atom. The van der Waals surface area contributed by atoms with E-state index in [-0.39, 0.29) is 17.2 Å². The van der Waals surface area contributed by atoms with Crippen molar-refractivity contribution in [1.82, 2.24) is 30.4 Å². The lowest BCUT2D eigenvalue weighted by Crippen LogP contribution is -2.50. The molecule has 0 radical (unpaired) electrons. The second-order valence-corrected chi connectivity index (χ2v) is 7.06. The highest BCUT2D eigenvalue weighted by molar-refractivity contribution is 5.84. The number of hydrogen-bond acceptors (Lipinski definition) is 6. The number of likely N-dealkylation sites (tertiary alicyclic amines) is 1. The van der Waals surface area contributed by atoms with E-state index >= 15 is 0 Å². The van der Waals surface area contributed by atoms with Crippen molar-refractivity contribution in [3.8, 4) is 0 Å². The fraction of sp³-hybridized carbons (Fsp3) is 0.750. The van der Waals surface area contributed by atoms with Gasteiger partial charge in [-0.3, -0.25) is 9.69 Å². The fourth-order valence-electron chi connectivity index (χ4n) is 3.65. The summed E-state index contributed by atoms with van der Waals surface area (Å²) in [7, 11) is 1.84. The molecule has 8 nitrogen and oxygen atoms in total. The third-order valence-corrected chi connectivity index (χ3v) is 5.08. The van der Waals surface area contributed by atoms with Crippen molar-refractivity contribution in [1.29, 1.82) is 0 Å². The van der Waals surface area contributed by atoms with Gasteiger partial charge in [0.1, 0.15) is 0 Å². The minimum Gasteiger partial charge on any atom is -0.381 e. The van der Waals surface area contributed by atoms with Crippen molar-refractivity contribution < 1.29 is 9.53 Å². The number of ether oxygens (including phenoxy) is 1. The van der Waals surface area contributed by atoms with E-state index in [0.29, 0.717) is 26.3 Å². The van der Waals surface area contributed by atoms with Crippen LogP contribution < -0.4 is 5.32 Å². The second-order valence-electron chi connectivity index (χ2n) is 7.06. The summed E-state index contributed by atoms with van der Waals surface area (Å²) in [5.74, 6) is 1.18. The highest BCUT2D eigenvalue weighted by Crippen LogP contribution is 2.42. The minimum absolute atomic E-state index is 0.145. The Hall–Kier alpha value is -1.80. The topological polar surface area (TPSA) is 85.2 Å². The molecule has 1 amide bonds. The van der Waals surface area contributed by atoms with E-state index in [4.69, 9.17) is 4.74 Å². The van der Waals surface area contributed by atoms with Gasteiger partial charge in [-0.05, 0) is 30.7 Å². The number of aryl methyl sites for hydroxylation is 1. The molecular formula is C16H26N6O2. The van der Waals surface area contributed by atoms with Crippen molar-refractivity contribution in [2.24, 2.45) is 18.4 Å². The Morgan fingerprint density at radius 1 is 1.50 bits per heavy atom. The molecule has 1 aromatic rings. The molecule has 132 valence electrons. The maximum Gasteiger partial charge on any atom is 0.228 e. The van der Waals surface area contributed by atoms with Gasteiger partial charge in [0.2, 0.25) is 5.91 Å². The van der Waals surface area contributed by atoms with Crippen molar-refractivity contribution >= 4 is 5.91 Å². The van der Waals surface area contributed by atoms with Gasteiger partial charge >= 0.3 is 0 Å². The zero-order chi connectivity index (χ0) is 17.2. The number of tetrazole rings is 1. The van der Waals surface area contributed by atoms with Gasteiger partial charge in [-0.25, -0.2) is 4.68 Å². The van der Waals surface area contributed by atoms with E-state index in [9.17, 15) is 4.79 Å². The highest BCUT2D eigenvalue weighted by atomic mass is 16.5. The number of aromatic nitrogens is 4. The number of nitrogens with zero attached hydrogens (tertiary/aromatic N) is 5. The number of amides is 1. The predicted molar refractivity (Wildman–Crippen MR) is 87.9 cm³/mol. The van der Waals surface area contributed by atoms with Gasteiger partial charge in [0, 0.05) is 39.2 Å². The molecular weight excluding hydrogens is 308 g/mol. The number of rotatable bonds is 5. The summed E-state index contributed by atoms with van der Waals surface area (Å²) in [4.78, 5) is 15.2. The first-order valence-corrected chi connectivity index (χ1v) is 8.44. The molecule has 0 saturated carbocycles. The summed E-state index contributed by atoms with van der Waals surface area (Å²) in [6.45, 7) is 8.17. The minimum atomic E-state index is -0.361. The van der Waals surface area contributed by atoms with E-state index in [1.807, 2.05) is 27.0 Å². The molecule has 0 bridgehead atoms. The lowest BCUT2D eigenvalue weighted by atomic mass is 9.73. The van der Waals surface area contributed by atoms with Gasteiger partial charge in [-0.15, -0.1) is 5.10 Å². The summed E-state index contributed by atoms with van der Waals surface area (Å²) in [5.41, 5.74) is 0.846. The molecule has 2 aliphatic heterocycles. The SMILES string of the molecule is CC(C)=CCNC(=O)C12CCOCC1CN(Cc1nnnn1C)C2. The monoisotopic (exact) mass is 334 g/mol. The van der Waals surface area contributed by atoms with Gasteiger partial charge in [-0.1, -0.05) is 11.6 Å². The summed E-state index contributed by atoms with van der Waals surface area (Å²) in [5, 5.41) is 14.7. The molecule has 3 heterocycles. The summed E-state index contributed by atoms with van der Waals surface area (Å²) in [6, 6.07) is 0. The zero-order valence-corrected chi connectivity index (χ0v) is 14.7. The van der Waals surface area contributed by atoms with E-state index in [2.05, 4.69) is 25.7 Å². The Kier molecular flexibility index (Phi) is 4.96. The van der Waals surface area contributed by atoms with Gasteiger partial charge < -0.3 is 10.1 Å². The molecule has 2 atom stereocenters. The lowest BCUT2D eigenvalue weighted by Gasteiger charge is -2.36. The maximum atomic E-state index is 12.9. The van der Waals surface area contributed by atoms with Gasteiger partial charge in [0.25, 0.3) is 0 Å². The Bertz CT molecular complexity index is 624. The summed E-state index contributed by atoms with van der Waals surface area (Å²) in [6.07, 6.45) is 2.81. The first kappa shape index (κ1) is 17.0. The smallest absolute Gasteiger partial charge is 0.228 e. The van der Waals surface area contributed by atoms with E-state index in [0.717, 1.165) is 25.3 Å². The first-order chi connectivity index (χ1) is 11.5. The van der Waals surface area contributed by atoms with Crippen LogP contribution >= 0.6 is 0 Å². The van der Waals surface area contributed by atoms with Crippen molar-refractivity contribution in [3.05, 3.63) is 17.5 Å². The van der Waals surface area contributed by atoms with Gasteiger partial charge in [0.05, 0.1) is 18.6 Å². The molecule has 2 aliphatic rings. The normalized spacial score (nSPS) is 26.9. The molecule has 0 aromatic carbocycles. The lowest BCUT2D eigenvalue weighted by molar-refractivity contribution is -0.139. The number of nitrogens with one attached hydrogen (secondary N) is 1. The standard InChI is InChI=1S/C16H26N6O2/c1-12(2)4-6-17-15(23)16-5-7-24-10-13(16)8-22(11-16)9-14-18-19-20-21(14)3/h4,13H,5-11H2,1-3H3,(H,17,23). The molecule has 2 unspecified atom stereocenters. The third-order valence-electron chi connectivity index (χ3n) is 5.08. The van der Waals surface area contributed by atoms with Crippen LogP contribution in [0.3, 0.4) is 0 Å². The van der Waals surface area contributed by atoms with Gasteiger partial charge in [-0.2, -0.15) is 0 Å². The van der Waals surface area contributed by atoms with Gasteiger partial charge in [0.15, 0.2) is 5.82 Å². The number of carbonyl (C=O) groups excluding carboxylic acids is 1. The van der Waals surface area contributed by atoms with Crippen molar-refractivity contribution in [2.45, 2.75) is 26.8 Å². The summed E-state index contributed by atoms with van der Waals surface area (Å²) < 4.78 is 7.33. The number of hydrogen-bond donors (Lipinski definition) is 1. The largest absolute Gasteiger partial charge is 0.381 e. The number of carbonyl (C=O) groups is 1. The molecule has 3 rings (SSSR count). The van der Waals surface area contributed by atoms with Crippen LogP contribution in [0.1, 0.15) is 26.1 Å². The quantitative estimate of drug-likeness (QED) is 0.771. The Morgan fingerprint density at radius 3 is 3.04 bits per heavy atom. The molecule has 1 N–H and O–H groups in total. The summed E-state index contributed by atoms with van der Waals surface area (Å²) >= 11 is 0. The van der Waals surface area contributed by atoms with Crippen LogP contribution in [0.4, 0.5) is 0 Å². The molecule has 0 spiro atoms. The van der Waals surface area contributed by atoms with Crippen LogP contribution in [-0.2, 0) is 23.1 Å². The molecule has 1 aromatic heterocycles. The highest BCUT2D eigenvalue weighted by Gasteiger charge is 2.53. The van der Waals surface area contributed by atoms with Crippen LogP contribution in [0.2, 0.25) is 0 Å². The second kappa shape index (κ2) is 6.98.